The molecule has 0 aliphatic heterocycles. The molecule has 1 aromatic carbocycles. The van der Waals surface area contributed by atoms with Crippen LogP contribution < -0.4 is 10.5 Å². The predicted molar refractivity (Wildman–Crippen MR) is 102 cm³/mol. The van der Waals surface area contributed by atoms with Crippen LogP contribution in [-0.2, 0) is 0 Å². The topological polar surface area (TPSA) is 82.5 Å². The monoisotopic (exact) mass is 382 g/mol. The number of aromatic nitrogens is 3. The highest BCUT2D eigenvalue weighted by Gasteiger charge is 2.21. The van der Waals surface area contributed by atoms with Gasteiger partial charge in [0.25, 0.3) is 5.91 Å². The summed E-state index contributed by atoms with van der Waals surface area (Å²) in [5.74, 6) is -0.0925. The summed E-state index contributed by atoms with van der Waals surface area (Å²) in [7, 11) is 1.52. The van der Waals surface area contributed by atoms with E-state index in [2.05, 4.69) is 10.1 Å². The molecule has 0 saturated carbocycles. The lowest BCUT2D eigenvalue weighted by Gasteiger charge is -2.08. The van der Waals surface area contributed by atoms with Crippen molar-refractivity contribution in [2.24, 2.45) is 5.73 Å². The number of pyridine rings is 1. The van der Waals surface area contributed by atoms with Gasteiger partial charge in [0.1, 0.15) is 10.7 Å². The number of thiophene rings is 1. The molecule has 6 nitrogen and oxygen atoms in total. The van der Waals surface area contributed by atoms with Crippen molar-refractivity contribution in [3.8, 4) is 28.4 Å². The minimum atomic E-state index is -0.539. The van der Waals surface area contributed by atoms with E-state index >= 15 is 0 Å². The van der Waals surface area contributed by atoms with E-state index in [4.69, 9.17) is 10.5 Å². The molecular formula is C19H15FN4O2S. The second kappa shape index (κ2) is 6.48. The van der Waals surface area contributed by atoms with Gasteiger partial charge in [0.15, 0.2) is 17.2 Å². The molecular weight excluding hydrogens is 367 g/mol. The van der Waals surface area contributed by atoms with Crippen LogP contribution >= 0.6 is 11.3 Å². The largest absolute Gasteiger partial charge is 0.493 e. The number of fused-ring (bicyclic) bond motifs is 1. The minimum Gasteiger partial charge on any atom is -0.493 e. The number of carbonyl (C=O) groups is 1. The molecule has 0 spiro atoms. The number of nitrogens with two attached hydrogens (primary N) is 1. The summed E-state index contributed by atoms with van der Waals surface area (Å²) in [6, 6.07) is 11.7. The lowest BCUT2D eigenvalue weighted by atomic mass is 10.1. The van der Waals surface area contributed by atoms with E-state index in [1.54, 1.807) is 30.3 Å². The van der Waals surface area contributed by atoms with E-state index in [1.807, 2.05) is 13.0 Å². The molecule has 0 atom stereocenters. The molecule has 4 aromatic rings. The summed E-state index contributed by atoms with van der Waals surface area (Å²) in [6.45, 7) is 1.88. The van der Waals surface area contributed by atoms with Crippen LogP contribution in [0, 0.1) is 12.7 Å². The van der Waals surface area contributed by atoms with Gasteiger partial charge < -0.3 is 10.5 Å². The first-order chi connectivity index (χ1) is 13.0. The second-order valence-corrected chi connectivity index (χ2v) is 7.16. The molecule has 0 bridgehead atoms. The Morgan fingerprint density at radius 1 is 1.22 bits per heavy atom. The van der Waals surface area contributed by atoms with Crippen molar-refractivity contribution in [3.63, 3.8) is 0 Å². The number of halogens is 1. The molecule has 4 rings (SSSR count). The highest BCUT2D eigenvalue weighted by Crippen LogP contribution is 2.33. The average Bonchev–Trinajstić information content (AvgIpc) is 3.25. The molecule has 3 heterocycles. The smallest absolute Gasteiger partial charge is 0.259 e. The molecule has 136 valence electrons. The molecule has 8 heteroatoms. The quantitative estimate of drug-likeness (QED) is 0.584. The zero-order valence-corrected chi connectivity index (χ0v) is 15.4. The van der Waals surface area contributed by atoms with Crippen LogP contribution in [-0.4, -0.2) is 27.6 Å². The maximum Gasteiger partial charge on any atom is 0.259 e. The fraction of sp³-hybridized carbons (Fsp3) is 0.105. The zero-order chi connectivity index (χ0) is 19.1. The van der Waals surface area contributed by atoms with E-state index in [0.717, 1.165) is 4.88 Å². The van der Waals surface area contributed by atoms with Gasteiger partial charge in [-0.25, -0.2) is 13.9 Å². The van der Waals surface area contributed by atoms with Crippen molar-refractivity contribution in [1.29, 1.82) is 0 Å². The average molecular weight is 382 g/mol. The number of hydrogen-bond acceptors (Lipinski definition) is 5. The van der Waals surface area contributed by atoms with Crippen LogP contribution in [0.5, 0.6) is 5.75 Å². The van der Waals surface area contributed by atoms with Crippen LogP contribution in [0.15, 0.2) is 42.5 Å². The molecule has 2 N–H and O–H groups in total. The fourth-order valence-corrected chi connectivity index (χ4v) is 3.81. The number of carbonyl (C=O) groups excluding carboxylic acids is 1. The first-order valence-corrected chi connectivity index (χ1v) is 8.90. The number of amides is 1. The van der Waals surface area contributed by atoms with Crippen molar-refractivity contribution in [3.05, 3.63) is 58.0 Å². The Bertz CT molecular complexity index is 1180. The molecule has 0 aliphatic rings. The zero-order valence-electron chi connectivity index (χ0n) is 14.6. The Morgan fingerprint density at radius 2 is 2.00 bits per heavy atom. The second-order valence-electron chi connectivity index (χ2n) is 5.90. The van der Waals surface area contributed by atoms with Gasteiger partial charge in [0, 0.05) is 16.0 Å². The van der Waals surface area contributed by atoms with Gasteiger partial charge in [0.05, 0.1) is 12.8 Å². The van der Waals surface area contributed by atoms with Crippen molar-refractivity contribution in [2.45, 2.75) is 6.92 Å². The molecule has 3 aromatic heterocycles. The van der Waals surface area contributed by atoms with Gasteiger partial charge in [-0.2, -0.15) is 0 Å². The Labute approximate surface area is 158 Å². The number of aryl methyl sites for hydroxylation is 1. The van der Waals surface area contributed by atoms with E-state index in [9.17, 15) is 9.18 Å². The van der Waals surface area contributed by atoms with E-state index in [0.29, 0.717) is 38.9 Å². The number of benzene rings is 1. The Balaban J connectivity index is 2.00. The Morgan fingerprint density at radius 3 is 2.70 bits per heavy atom. The van der Waals surface area contributed by atoms with Gasteiger partial charge >= 0.3 is 0 Å². The standard InChI is InChI=1S/C19H15FN4O2S/c1-10-9-12(16(27-10)17(21)25)18-22-19-15(26-2)8-7-14(24(19)23-18)11-5-3-4-6-13(11)20/h3-9H,1-2H3,(H2,21,25). The summed E-state index contributed by atoms with van der Waals surface area (Å²) in [6.07, 6.45) is 0. The van der Waals surface area contributed by atoms with Crippen molar-refractivity contribution in [2.75, 3.05) is 7.11 Å². The summed E-state index contributed by atoms with van der Waals surface area (Å²) in [5, 5.41) is 4.52. The minimum absolute atomic E-state index is 0.329. The van der Waals surface area contributed by atoms with Crippen LogP contribution in [0.1, 0.15) is 14.5 Å². The van der Waals surface area contributed by atoms with Gasteiger partial charge in [-0.15, -0.1) is 16.4 Å². The summed E-state index contributed by atoms with van der Waals surface area (Å²) >= 11 is 1.29. The molecule has 0 radical (unpaired) electrons. The van der Waals surface area contributed by atoms with E-state index < -0.39 is 5.91 Å². The molecule has 0 aliphatic carbocycles. The Hall–Kier alpha value is -3.26. The van der Waals surface area contributed by atoms with Crippen molar-refractivity contribution < 1.29 is 13.9 Å². The first-order valence-electron chi connectivity index (χ1n) is 8.09. The Kier molecular flexibility index (Phi) is 4.12. The van der Waals surface area contributed by atoms with Gasteiger partial charge in [-0.3, -0.25) is 4.79 Å². The summed E-state index contributed by atoms with van der Waals surface area (Å²) < 4.78 is 21.2. The van der Waals surface area contributed by atoms with Crippen molar-refractivity contribution >= 4 is 22.9 Å². The van der Waals surface area contributed by atoms with Crippen LogP contribution in [0.25, 0.3) is 28.3 Å². The fourth-order valence-electron chi connectivity index (χ4n) is 2.95. The lowest BCUT2D eigenvalue weighted by Crippen LogP contribution is -2.10. The van der Waals surface area contributed by atoms with E-state index in [1.165, 1.54) is 29.0 Å². The van der Waals surface area contributed by atoms with Crippen LogP contribution in [0.3, 0.4) is 0 Å². The highest BCUT2D eigenvalue weighted by molar-refractivity contribution is 7.14. The van der Waals surface area contributed by atoms with Gasteiger partial charge in [-0.1, -0.05) is 12.1 Å². The third kappa shape index (κ3) is 2.83. The number of primary amides is 1. The SMILES string of the molecule is COc1ccc(-c2ccccc2F)n2nc(-c3cc(C)sc3C(N)=O)nc12. The molecule has 1 amide bonds. The molecule has 0 saturated heterocycles. The number of hydrogen-bond donors (Lipinski definition) is 1. The lowest BCUT2D eigenvalue weighted by molar-refractivity contribution is 0.100. The first kappa shape index (κ1) is 17.2. The molecule has 0 fully saturated rings. The number of nitrogens with zero attached hydrogens (tertiary/aromatic N) is 3. The summed E-state index contributed by atoms with van der Waals surface area (Å²) in [4.78, 5) is 17.6. The highest BCUT2D eigenvalue weighted by atomic mass is 32.1. The van der Waals surface area contributed by atoms with E-state index in [-0.39, 0.29) is 5.82 Å². The van der Waals surface area contributed by atoms with Gasteiger partial charge in [0.2, 0.25) is 0 Å². The maximum absolute atomic E-state index is 14.3. The molecule has 0 unspecified atom stereocenters. The third-order valence-electron chi connectivity index (χ3n) is 4.14. The third-order valence-corrected chi connectivity index (χ3v) is 5.20. The van der Waals surface area contributed by atoms with Crippen molar-refractivity contribution in [1.82, 2.24) is 14.6 Å². The molecule has 27 heavy (non-hydrogen) atoms. The number of rotatable bonds is 4. The normalized spacial score (nSPS) is 11.1. The maximum atomic E-state index is 14.3. The summed E-state index contributed by atoms with van der Waals surface area (Å²) in [5.41, 5.74) is 7.38. The number of methoxy groups -OCH3 is 1. The van der Waals surface area contributed by atoms with Gasteiger partial charge in [-0.05, 0) is 37.3 Å². The number of ether oxygens (including phenoxy) is 1. The van der Waals surface area contributed by atoms with Crippen LogP contribution in [0.2, 0.25) is 0 Å². The predicted octanol–water partition coefficient (Wildman–Crippen LogP) is 3.68. The van der Waals surface area contributed by atoms with Crippen LogP contribution in [0.4, 0.5) is 4.39 Å².